The van der Waals surface area contributed by atoms with Crippen molar-refractivity contribution in [2.75, 3.05) is 9.80 Å². The summed E-state index contributed by atoms with van der Waals surface area (Å²) in [5.74, 6) is 0. The van der Waals surface area contributed by atoms with Crippen molar-refractivity contribution in [2.45, 2.75) is 37.5 Å². The Kier molecular flexibility index (Phi) is 10.7. The molecule has 0 saturated carbocycles. The van der Waals surface area contributed by atoms with Gasteiger partial charge in [0, 0.05) is 33.5 Å². The van der Waals surface area contributed by atoms with Crippen molar-refractivity contribution >= 4 is 61.7 Å². The Bertz CT molecular complexity index is 2730. The van der Waals surface area contributed by atoms with Gasteiger partial charge in [-0.2, -0.15) is 26.3 Å². The zero-order valence-corrected chi connectivity index (χ0v) is 32.7. The highest BCUT2D eigenvalue weighted by Crippen LogP contribution is 2.57. The maximum Gasteiger partial charge on any atom is 0.411 e. The average molecular weight is 807 g/mol. The van der Waals surface area contributed by atoms with Crippen LogP contribution in [0.25, 0.3) is 27.6 Å². The summed E-state index contributed by atoms with van der Waals surface area (Å²) < 4.78 is 93.6. The second-order valence-corrected chi connectivity index (χ2v) is 14.7. The van der Waals surface area contributed by atoms with E-state index in [1.807, 2.05) is 143 Å². The number of rotatable bonds is 11. The van der Waals surface area contributed by atoms with Gasteiger partial charge in [0.15, 0.2) is 0 Å². The van der Waals surface area contributed by atoms with Crippen LogP contribution in [0.15, 0.2) is 189 Å². The second-order valence-electron chi connectivity index (χ2n) is 14.7. The van der Waals surface area contributed by atoms with E-state index in [1.165, 1.54) is 24.3 Å². The summed E-state index contributed by atoms with van der Waals surface area (Å²) in [5.41, 5.74) is -0.683. The normalized spacial score (nSPS) is 12.1. The summed E-state index contributed by atoms with van der Waals surface area (Å²) in [5, 5.41) is 3.58. The van der Waals surface area contributed by atoms with Crippen LogP contribution in [0.3, 0.4) is 0 Å². The van der Waals surface area contributed by atoms with E-state index in [4.69, 9.17) is 0 Å². The number of alkyl halides is 6. The lowest BCUT2D eigenvalue weighted by atomic mass is 9.72. The van der Waals surface area contributed by atoms with Gasteiger partial charge in [-0.3, -0.25) is 0 Å². The molecule has 0 aromatic heterocycles. The molecule has 0 aliphatic heterocycles. The minimum atomic E-state index is -5.77. The minimum Gasteiger partial charge on any atom is -0.310 e. The molecule has 0 aliphatic carbocycles. The Morgan fingerprint density at radius 3 is 1.20 bits per heavy atom. The SMILES string of the molecule is C=Cc1ccc(N(c2ccc(C(c3ccc(N(c4ccc(CCC)cc4)c4cccc5ccccc45)cc3)(C(F)(F)F)C(F)(F)F)cc2)c2cccc3ccccc23)cc1. The van der Waals surface area contributed by atoms with Crippen molar-refractivity contribution in [2.24, 2.45) is 0 Å². The van der Waals surface area contributed by atoms with Gasteiger partial charge in [-0.15, -0.1) is 0 Å². The fourth-order valence-electron chi connectivity index (χ4n) is 8.22. The summed E-state index contributed by atoms with van der Waals surface area (Å²) in [6, 6.07) is 51.1. The highest BCUT2D eigenvalue weighted by Gasteiger charge is 2.72. The molecule has 0 atom stereocenters. The molecule has 0 bridgehead atoms. The smallest absolute Gasteiger partial charge is 0.310 e. The van der Waals surface area contributed by atoms with Gasteiger partial charge >= 0.3 is 12.4 Å². The van der Waals surface area contributed by atoms with Crippen molar-refractivity contribution < 1.29 is 26.3 Å². The van der Waals surface area contributed by atoms with E-state index in [0.29, 0.717) is 28.4 Å². The second kappa shape index (κ2) is 16.1. The minimum absolute atomic E-state index is 0.380. The molecule has 0 N–H and O–H groups in total. The van der Waals surface area contributed by atoms with E-state index in [-0.39, 0.29) is 0 Å². The quantitative estimate of drug-likeness (QED) is 0.120. The first-order valence-electron chi connectivity index (χ1n) is 19.7. The van der Waals surface area contributed by atoms with Gasteiger partial charge in [-0.1, -0.05) is 147 Å². The monoisotopic (exact) mass is 806 g/mol. The molecule has 0 fully saturated rings. The molecule has 0 aliphatic rings. The van der Waals surface area contributed by atoms with Crippen LogP contribution in [-0.2, 0) is 11.8 Å². The van der Waals surface area contributed by atoms with E-state index >= 15 is 26.3 Å². The maximum atomic E-state index is 15.6. The van der Waals surface area contributed by atoms with Crippen molar-refractivity contribution in [3.05, 3.63) is 211 Å². The predicted molar refractivity (Wildman–Crippen MR) is 234 cm³/mol. The summed E-state index contributed by atoms with van der Waals surface area (Å²) >= 11 is 0. The van der Waals surface area contributed by atoms with E-state index < -0.39 is 28.9 Å². The first-order chi connectivity index (χ1) is 28.9. The number of nitrogens with zero attached hydrogens (tertiary/aromatic N) is 2. The van der Waals surface area contributed by atoms with Crippen LogP contribution in [0.1, 0.15) is 35.6 Å². The fraction of sp³-hybridized carbons (Fsp3) is 0.115. The molecule has 300 valence electrons. The van der Waals surface area contributed by atoms with Crippen LogP contribution in [0, 0.1) is 0 Å². The molecule has 0 unspecified atom stereocenters. The lowest BCUT2D eigenvalue weighted by Crippen LogP contribution is -2.54. The lowest BCUT2D eigenvalue weighted by Gasteiger charge is -2.39. The Morgan fingerprint density at radius 2 is 0.817 bits per heavy atom. The van der Waals surface area contributed by atoms with E-state index in [0.717, 1.165) is 75.5 Å². The molecular formula is C52H40F6N2. The molecule has 8 heteroatoms. The van der Waals surface area contributed by atoms with Crippen molar-refractivity contribution in [1.29, 1.82) is 0 Å². The number of anilines is 6. The van der Waals surface area contributed by atoms with Crippen LogP contribution in [0.4, 0.5) is 60.5 Å². The van der Waals surface area contributed by atoms with E-state index in [2.05, 4.69) is 13.5 Å². The van der Waals surface area contributed by atoms with Crippen LogP contribution in [-0.4, -0.2) is 12.4 Å². The molecule has 2 nitrogen and oxygen atoms in total. The number of benzene rings is 8. The molecule has 8 aromatic carbocycles. The van der Waals surface area contributed by atoms with Gasteiger partial charge in [0.1, 0.15) is 0 Å². The number of hydrogen-bond acceptors (Lipinski definition) is 2. The van der Waals surface area contributed by atoms with Gasteiger partial charge in [0.05, 0.1) is 11.4 Å². The van der Waals surface area contributed by atoms with Gasteiger partial charge in [0.25, 0.3) is 0 Å². The molecule has 0 spiro atoms. The predicted octanol–water partition coefficient (Wildman–Crippen LogP) is 15.9. The summed E-state index contributed by atoms with van der Waals surface area (Å²) in [4.78, 5) is 3.69. The van der Waals surface area contributed by atoms with E-state index in [1.54, 1.807) is 6.08 Å². The molecule has 8 rings (SSSR count). The van der Waals surface area contributed by atoms with Crippen LogP contribution in [0.2, 0.25) is 0 Å². The number of halogens is 6. The third kappa shape index (κ3) is 7.16. The Morgan fingerprint density at radius 1 is 0.450 bits per heavy atom. The first-order valence-corrected chi connectivity index (χ1v) is 19.7. The summed E-state index contributed by atoms with van der Waals surface area (Å²) in [6.45, 7) is 5.90. The number of aryl methyl sites for hydroxylation is 1. The fourth-order valence-corrected chi connectivity index (χ4v) is 8.22. The van der Waals surface area contributed by atoms with Gasteiger partial charge in [-0.25, -0.2) is 0 Å². The molecular weight excluding hydrogens is 767 g/mol. The summed E-state index contributed by atoms with van der Waals surface area (Å²) in [7, 11) is 0. The van der Waals surface area contributed by atoms with Crippen molar-refractivity contribution in [3.63, 3.8) is 0 Å². The van der Waals surface area contributed by atoms with Gasteiger partial charge in [0.2, 0.25) is 5.41 Å². The lowest BCUT2D eigenvalue weighted by molar-refractivity contribution is -0.288. The molecule has 8 aromatic rings. The highest BCUT2D eigenvalue weighted by atomic mass is 19.4. The topological polar surface area (TPSA) is 6.48 Å². The Hall–Kier alpha value is -6.80. The maximum absolute atomic E-state index is 15.6. The number of hydrogen-bond donors (Lipinski definition) is 0. The largest absolute Gasteiger partial charge is 0.411 e. The Balaban J connectivity index is 1.26. The molecule has 0 amide bonds. The van der Waals surface area contributed by atoms with Gasteiger partial charge < -0.3 is 9.80 Å². The highest BCUT2D eigenvalue weighted by molar-refractivity contribution is 6.00. The molecule has 60 heavy (non-hydrogen) atoms. The zero-order chi connectivity index (χ0) is 42.1. The van der Waals surface area contributed by atoms with E-state index in [9.17, 15) is 0 Å². The van der Waals surface area contributed by atoms with Crippen LogP contribution in [0.5, 0.6) is 0 Å². The number of fused-ring (bicyclic) bond motifs is 2. The van der Waals surface area contributed by atoms with Crippen molar-refractivity contribution in [3.8, 4) is 0 Å². The third-order valence-corrected chi connectivity index (χ3v) is 11.1. The van der Waals surface area contributed by atoms with Gasteiger partial charge in [-0.05, 0) is 100 Å². The van der Waals surface area contributed by atoms with Crippen LogP contribution < -0.4 is 9.80 Å². The van der Waals surface area contributed by atoms with Crippen LogP contribution >= 0.6 is 0 Å². The third-order valence-electron chi connectivity index (χ3n) is 11.1. The Labute approximate surface area is 345 Å². The first kappa shape index (κ1) is 40.0. The average Bonchev–Trinajstić information content (AvgIpc) is 3.25. The zero-order valence-electron chi connectivity index (χ0n) is 32.7. The molecule has 0 heterocycles. The summed E-state index contributed by atoms with van der Waals surface area (Å²) in [6.07, 6.45) is -8.04. The standard InChI is InChI=1S/C52H40F6N2/c1-3-11-37-22-30-43(31-23-37)60(49-19-10-15-39-13-6-8-17-47(39)49)45-34-26-41(27-35-45)50(51(53,54)55,52(56,57)58)40-24-32-44(33-25-40)59(42-28-20-36(4-2)21-29-42)48-18-9-14-38-12-5-7-16-46(38)48/h4-10,12-35H,2-3,11H2,1H3. The molecule has 0 saturated heterocycles. The van der Waals surface area contributed by atoms with Crippen molar-refractivity contribution in [1.82, 2.24) is 0 Å². The molecule has 0 radical (unpaired) electrons.